The maximum absolute atomic E-state index is 2.57. The molecule has 0 bridgehead atoms. The Hall–Kier alpha value is 1.30. The van der Waals surface area contributed by atoms with E-state index < -0.39 is 36.8 Å². The number of rotatable bonds is 4. The first-order valence-corrected chi connectivity index (χ1v) is 27.6. The molecule has 98 valence electrons. The molecule has 0 aliphatic rings. The molecule has 0 N–H and O–H groups in total. The number of thiophene rings is 1. The summed E-state index contributed by atoms with van der Waals surface area (Å²) in [6.45, 7) is 4.70. The van der Waals surface area contributed by atoms with Crippen molar-refractivity contribution in [3.8, 4) is 0 Å². The van der Waals surface area contributed by atoms with Crippen LogP contribution in [-0.2, 0) is 12.8 Å². The normalized spacial score (nSPS) is 13.2. The van der Waals surface area contributed by atoms with Gasteiger partial charge in [0.2, 0.25) is 0 Å². The monoisotopic (exact) mass is 468 g/mol. The number of hydrogen-bond acceptors (Lipinski definition) is 1. The van der Waals surface area contributed by atoms with E-state index in [1.54, 1.807) is 11.1 Å². The molecule has 0 unspecified atom stereocenters. The standard InChI is InChI=1S/C8H10S.6CH3.2Sn/c1-3-7-5-9-6-8(7)4-2;;;;;;;;/h3-4H2,1-2H3;6*1H3;;. The molecule has 0 aliphatic heterocycles. The fourth-order valence-electron chi connectivity index (χ4n) is 2.46. The summed E-state index contributed by atoms with van der Waals surface area (Å²) in [5.41, 5.74) is 3.53. The van der Waals surface area contributed by atoms with Crippen LogP contribution in [0.4, 0.5) is 0 Å². The van der Waals surface area contributed by atoms with E-state index in [9.17, 15) is 0 Å². The van der Waals surface area contributed by atoms with Crippen LogP contribution in [-0.4, -0.2) is 36.8 Å². The Balaban J connectivity index is 3.50. The van der Waals surface area contributed by atoms with Gasteiger partial charge in [0.15, 0.2) is 0 Å². The first-order chi connectivity index (χ1) is 7.62. The molecular formula is C14H28SSn2. The molecular weight excluding hydrogens is 438 g/mol. The summed E-state index contributed by atoms with van der Waals surface area (Å²) in [6.07, 6.45) is 2.51. The molecule has 1 heterocycles. The van der Waals surface area contributed by atoms with E-state index in [0.717, 1.165) is 0 Å². The van der Waals surface area contributed by atoms with Crippen LogP contribution in [0.1, 0.15) is 25.0 Å². The van der Waals surface area contributed by atoms with Crippen molar-refractivity contribution in [2.24, 2.45) is 0 Å². The van der Waals surface area contributed by atoms with Crippen LogP contribution < -0.4 is 5.79 Å². The molecule has 1 aromatic rings. The van der Waals surface area contributed by atoms with Crippen molar-refractivity contribution in [1.82, 2.24) is 0 Å². The summed E-state index contributed by atoms with van der Waals surface area (Å²) in [7, 11) is 0. The van der Waals surface area contributed by atoms with Gasteiger partial charge in [-0.1, -0.05) is 0 Å². The zero-order chi connectivity index (χ0) is 13.4. The summed E-state index contributed by atoms with van der Waals surface area (Å²) in [5, 5.41) is 0. The Morgan fingerprint density at radius 2 is 1.00 bits per heavy atom. The average molecular weight is 466 g/mol. The summed E-state index contributed by atoms with van der Waals surface area (Å²) >= 11 is -1.57. The van der Waals surface area contributed by atoms with Crippen LogP contribution in [0.15, 0.2) is 0 Å². The second kappa shape index (κ2) is 5.74. The summed E-state index contributed by atoms with van der Waals surface area (Å²) < 4.78 is 3.72. The summed E-state index contributed by atoms with van der Waals surface area (Å²) in [4.78, 5) is 15.4. The predicted octanol–water partition coefficient (Wildman–Crippen LogP) is 3.96. The zero-order valence-corrected chi connectivity index (χ0v) is 19.3. The zero-order valence-electron chi connectivity index (χ0n) is 12.8. The van der Waals surface area contributed by atoms with E-state index in [2.05, 4.69) is 54.8 Å². The third-order valence-corrected chi connectivity index (χ3v) is 23.6. The Bertz CT molecular complexity index is 355. The van der Waals surface area contributed by atoms with Gasteiger partial charge in [-0.15, -0.1) is 0 Å². The first-order valence-electron chi connectivity index (χ1n) is 6.78. The third kappa shape index (κ3) is 3.65. The quantitative estimate of drug-likeness (QED) is 0.590. The average Bonchev–Trinajstić information content (AvgIpc) is 2.54. The van der Waals surface area contributed by atoms with Gasteiger partial charge in [0, 0.05) is 0 Å². The van der Waals surface area contributed by atoms with Crippen LogP contribution in [0.25, 0.3) is 0 Å². The van der Waals surface area contributed by atoms with E-state index in [1.807, 2.05) is 5.79 Å². The second-order valence-electron chi connectivity index (χ2n) is 6.92. The molecule has 0 atom stereocenters. The van der Waals surface area contributed by atoms with Crippen LogP contribution >= 0.6 is 11.3 Å². The van der Waals surface area contributed by atoms with Gasteiger partial charge in [0.05, 0.1) is 0 Å². The fraction of sp³-hybridized carbons (Fsp3) is 0.714. The van der Waals surface area contributed by atoms with E-state index in [-0.39, 0.29) is 0 Å². The van der Waals surface area contributed by atoms with E-state index in [4.69, 9.17) is 0 Å². The van der Waals surface area contributed by atoms with Gasteiger partial charge in [-0.3, -0.25) is 0 Å². The molecule has 0 amide bonds. The van der Waals surface area contributed by atoms with Gasteiger partial charge in [0.25, 0.3) is 0 Å². The van der Waals surface area contributed by atoms with Crippen LogP contribution in [0.5, 0.6) is 0 Å². The third-order valence-electron chi connectivity index (χ3n) is 3.19. The van der Waals surface area contributed by atoms with Gasteiger partial charge in [0.1, 0.15) is 0 Å². The van der Waals surface area contributed by atoms with E-state index in [1.165, 1.54) is 12.8 Å². The van der Waals surface area contributed by atoms with Crippen molar-refractivity contribution in [2.45, 2.75) is 56.3 Å². The fourth-order valence-corrected chi connectivity index (χ4v) is 20.6. The van der Waals surface area contributed by atoms with Crippen molar-refractivity contribution in [1.29, 1.82) is 0 Å². The molecule has 0 spiro atoms. The molecule has 0 saturated heterocycles. The Morgan fingerprint density at radius 3 is 1.18 bits per heavy atom. The van der Waals surface area contributed by atoms with Gasteiger partial charge in [-0.25, -0.2) is 0 Å². The molecule has 1 aromatic heterocycles. The Kier molecular flexibility index (Phi) is 5.52. The molecule has 0 aromatic carbocycles. The van der Waals surface area contributed by atoms with Crippen molar-refractivity contribution in [2.75, 3.05) is 0 Å². The van der Waals surface area contributed by atoms with Gasteiger partial charge < -0.3 is 0 Å². The molecule has 0 nitrogen and oxygen atoms in total. The summed E-state index contributed by atoms with van der Waals surface area (Å²) in [6, 6.07) is 0. The molecule has 1 rings (SSSR count). The topological polar surface area (TPSA) is 0 Å². The molecule has 3 heteroatoms. The van der Waals surface area contributed by atoms with Gasteiger partial charge in [-0.05, 0) is 0 Å². The van der Waals surface area contributed by atoms with E-state index >= 15 is 0 Å². The molecule has 0 fully saturated rings. The SMILES string of the molecule is CCc1[c]([Sn]([CH3])([CH3])[CH3])s[c]([Sn]([CH3])([CH3])[CH3])c1CC. The Morgan fingerprint density at radius 1 is 0.706 bits per heavy atom. The van der Waals surface area contributed by atoms with Crippen molar-refractivity contribution in [3.63, 3.8) is 0 Å². The summed E-state index contributed by atoms with van der Waals surface area (Å²) in [5.74, 6) is 0. The van der Waals surface area contributed by atoms with Crippen molar-refractivity contribution < 1.29 is 0 Å². The first kappa shape index (κ1) is 16.4. The minimum atomic E-state index is -1.90. The molecule has 17 heavy (non-hydrogen) atoms. The van der Waals surface area contributed by atoms with Crippen LogP contribution in [0, 0.1) is 0 Å². The molecule has 0 aliphatic carbocycles. The number of hydrogen-bond donors (Lipinski definition) is 0. The maximum atomic E-state index is 2.57. The van der Waals surface area contributed by atoms with Crippen molar-refractivity contribution >= 4 is 53.9 Å². The minimum absolute atomic E-state index is 1.26. The van der Waals surface area contributed by atoms with Crippen molar-refractivity contribution in [3.05, 3.63) is 11.1 Å². The molecule has 0 saturated carbocycles. The second-order valence-corrected chi connectivity index (χ2v) is 38.6. The predicted molar refractivity (Wildman–Crippen MR) is 89.0 cm³/mol. The van der Waals surface area contributed by atoms with E-state index in [0.29, 0.717) is 0 Å². The van der Waals surface area contributed by atoms with Gasteiger partial charge in [-0.2, -0.15) is 0 Å². The van der Waals surface area contributed by atoms with Crippen LogP contribution in [0.2, 0.25) is 29.6 Å². The molecule has 0 radical (unpaired) electrons. The Labute approximate surface area is 120 Å². The van der Waals surface area contributed by atoms with Gasteiger partial charge >= 0.3 is 121 Å². The van der Waals surface area contributed by atoms with Crippen LogP contribution in [0.3, 0.4) is 0 Å².